The molecule has 1 aromatic carbocycles. The predicted molar refractivity (Wildman–Crippen MR) is 86.7 cm³/mol. The van der Waals surface area contributed by atoms with Crippen LogP contribution in [0, 0.1) is 0 Å². The first-order valence-corrected chi connectivity index (χ1v) is 8.19. The summed E-state index contributed by atoms with van der Waals surface area (Å²) in [5, 5.41) is 11.8. The highest BCUT2D eigenvalue weighted by Crippen LogP contribution is 2.28. The Kier molecular flexibility index (Phi) is 6.47. The smallest absolute Gasteiger partial charge is 0.422 e. The zero-order valence-corrected chi connectivity index (χ0v) is 14.3. The summed E-state index contributed by atoms with van der Waals surface area (Å²) in [6, 6.07) is 5.36. The molecule has 0 saturated heterocycles. The number of carboxylic acids is 1. The van der Waals surface area contributed by atoms with Crippen molar-refractivity contribution in [2.75, 3.05) is 13.2 Å². The van der Waals surface area contributed by atoms with Crippen molar-refractivity contribution in [2.24, 2.45) is 0 Å². The largest absolute Gasteiger partial charge is 0.484 e. The highest BCUT2D eigenvalue weighted by Gasteiger charge is 2.36. The van der Waals surface area contributed by atoms with Gasteiger partial charge in [0.15, 0.2) is 6.61 Å². The molecule has 1 aliphatic rings. The third kappa shape index (κ3) is 6.55. The maximum absolute atomic E-state index is 12.2. The molecule has 26 heavy (non-hydrogen) atoms. The fraction of sp³-hybridized carbons (Fsp3) is 0.529. The minimum atomic E-state index is -4.42. The maximum Gasteiger partial charge on any atom is 0.422 e. The second-order valence-corrected chi connectivity index (χ2v) is 6.25. The van der Waals surface area contributed by atoms with Crippen LogP contribution in [0.15, 0.2) is 24.3 Å². The summed E-state index contributed by atoms with van der Waals surface area (Å²) >= 11 is 0. The number of carbonyl (C=O) groups excluding carboxylic acids is 1. The van der Waals surface area contributed by atoms with E-state index in [1.165, 1.54) is 25.1 Å². The first kappa shape index (κ1) is 20.0. The Hall–Kier alpha value is -2.29. The predicted octanol–water partition coefficient (Wildman–Crippen LogP) is 2.18. The van der Waals surface area contributed by atoms with Crippen molar-refractivity contribution < 1.29 is 32.6 Å². The summed E-state index contributed by atoms with van der Waals surface area (Å²) in [6.45, 7) is 0.228. The third-order valence-electron chi connectivity index (χ3n) is 3.99. The van der Waals surface area contributed by atoms with E-state index in [1.807, 2.05) is 0 Å². The molecule has 1 unspecified atom stereocenters. The maximum atomic E-state index is 12.2. The number of benzene rings is 1. The topological polar surface area (TPSA) is 78.9 Å². The highest BCUT2D eigenvalue weighted by atomic mass is 19.4. The van der Waals surface area contributed by atoms with E-state index in [0.717, 1.165) is 12.8 Å². The lowest BCUT2D eigenvalue weighted by Gasteiger charge is -2.25. The molecule has 0 radical (unpaired) electrons. The molecular weight excluding hydrogens is 353 g/mol. The summed E-state index contributed by atoms with van der Waals surface area (Å²) in [6.07, 6.45) is -2.69. The van der Waals surface area contributed by atoms with Crippen LogP contribution in [-0.2, 0) is 16.1 Å². The fourth-order valence-electron chi connectivity index (χ4n) is 2.46. The Morgan fingerprint density at radius 2 is 2.08 bits per heavy atom. The lowest BCUT2D eigenvalue weighted by Crippen LogP contribution is -2.46. The molecular formula is C17H21F3N2O4. The summed E-state index contributed by atoms with van der Waals surface area (Å²) < 4.78 is 41.2. The number of hydrogen-bond donors (Lipinski definition) is 2. The van der Waals surface area contributed by atoms with Gasteiger partial charge < -0.3 is 15.2 Å². The monoisotopic (exact) mass is 374 g/mol. The molecule has 9 heteroatoms. The minimum absolute atomic E-state index is 0.0393. The van der Waals surface area contributed by atoms with E-state index in [4.69, 9.17) is 5.11 Å². The van der Waals surface area contributed by atoms with Crippen LogP contribution in [0.25, 0.3) is 0 Å². The van der Waals surface area contributed by atoms with E-state index in [0.29, 0.717) is 5.56 Å². The number of amides is 1. The average molecular weight is 374 g/mol. The standard InChI is InChI=1S/C17H21F3N2O4/c1-11(16(24)25)22(13-5-6-13)9-15(23)21-8-12-3-2-4-14(7-12)26-10-17(18,19)20/h2-4,7,11,13H,5-6,8-10H2,1H3,(H,21,23)(H,24,25). The molecule has 1 saturated carbocycles. The number of nitrogens with zero attached hydrogens (tertiary/aromatic N) is 1. The highest BCUT2D eigenvalue weighted by molar-refractivity contribution is 5.80. The van der Waals surface area contributed by atoms with E-state index in [1.54, 1.807) is 11.0 Å². The van der Waals surface area contributed by atoms with Crippen molar-refractivity contribution in [3.05, 3.63) is 29.8 Å². The molecule has 0 bridgehead atoms. The number of ether oxygens (including phenoxy) is 1. The molecule has 144 valence electrons. The van der Waals surface area contributed by atoms with Gasteiger partial charge in [0.2, 0.25) is 5.91 Å². The van der Waals surface area contributed by atoms with Gasteiger partial charge in [0.25, 0.3) is 0 Å². The van der Waals surface area contributed by atoms with E-state index >= 15 is 0 Å². The van der Waals surface area contributed by atoms with Gasteiger partial charge >= 0.3 is 12.1 Å². The van der Waals surface area contributed by atoms with E-state index in [9.17, 15) is 22.8 Å². The van der Waals surface area contributed by atoms with Crippen molar-refractivity contribution >= 4 is 11.9 Å². The molecule has 0 aromatic heterocycles. The normalized spacial score (nSPS) is 15.6. The molecule has 1 aromatic rings. The Morgan fingerprint density at radius 3 is 2.65 bits per heavy atom. The van der Waals surface area contributed by atoms with Gasteiger partial charge in [0.1, 0.15) is 11.8 Å². The van der Waals surface area contributed by atoms with Crippen LogP contribution in [-0.4, -0.2) is 53.3 Å². The van der Waals surface area contributed by atoms with Crippen molar-refractivity contribution in [2.45, 2.75) is 44.6 Å². The van der Waals surface area contributed by atoms with Crippen LogP contribution in [0.4, 0.5) is 13.2 Å². The number of alkyl halides is 3. The Morgan fingerprint density at radius 1 is 1.38 bits per heavy atom. The van der Waals surface area contributed by atoms with Gasteiger partial charge in [-0.05, 0) is 37.5 Å². The summed E-state index contributed by atoms with van der Waals surface area (Å²) in [5.41, 5.74) is 0.585. The number of carboxylic acid groups (broad SMARTS) is 1. The molecule has 2 N–H and O–H groups in total. The lowest BCUT2D eigenvalue weighted by molar-refractivity contribution is -0.153. The van der Waals surface area contributed by atoms with Crippen LogP contribution in [0.5, 0.6) is 5.75 Å². The number of rotatable bonds is 9. The summed E-state index contributed by atoms with van der Waals surface area (Å²) in [7, 11) is 0. The number of carbonyl (C=O) groups is 2. The molecule has 1 aliphatic carbocycles. The van der Waals surface area contributed by atoms with Gasteiger partial charge in [-0.1, -0.05) is 12.1 Å². The van der Waals surface area contributed by atoms with Gasteiger partial charge in [-0.25, -0.2) is 0 Å². The molecule has 1 atom stereocenters. The lowest BCUT2D eigenvalue weighted by atomic mass is 10.2. The summed E-state index contributed by atoms with van der Waals surface area (Å²) in [5.74, 6) is -1.26. The van der Waals surface area contributed by atoms with Gasteiger partial charge in [0, 0.05) is 12.6 Å². The van der Waals surface area contributed by atoms with Crippen molar-refractivity contribution in [1.82, 2.24) is 10.2 Å². The van der Waals surface area contributed by atoms with Gasteiger partial charge in [0.05, 0.1) is 6.54 Å². The minimum Gasteiger partial charge on any atom is -0.484 e. The third-order valence-corrected chi connectivity index (χ3v) is 3.99. The van der Waals surface area contributed by atoms with Crippen molar-refractivity contribution in [3.8, 4) is 5.75 Å². The summed E-state index contributed by atoms with van der Waals surface area (Å²) in [4.78, 5) is 24.9. The zero-order chi connectivity index (χ0) is 19.3. The second-order valence-electron chi connectivity index (χ2n) is 6.25. The zero-order valence-electron chi connectivity index (χ0n) is 14.3. The van der Waals surface area contributed by atoms with E-state index in [-0.39, 0.29) is 30.8 Å². The molecule has 2 rings (SSSR count). The van der Waals surface area contributed by atoms with Gasteiger partial charge in [-0.3, -0.25) is 14.5 Å². The van der Waals surface area contributed by atoms with Crippen LogP contribution < -0.4 is 10.1 Å². The molecule has 1 amide bonds. The van der Waals surface area contributed by atoms with Crippen LogP contribution in [0.1, 0.15) is 25.3 Å². The molecule has 6 nitrogen and oxygen atoms in total. The Labute approximate surface area is 148 Å². The van der Waals surface area contributed by atoms with Crippen LogP contribution in [0.3, 0.4) is 0 Å². The fourth-order valence-corrected chi connectivity index (χ4v) is 2.46. The van der Waals surface area contributed by atoms with Gasteiger partial charge in [-0.2, -0.15) is 13.2 Å². The molecule has 0 aliphatic heterocycles. The van der Waals surface area contributed by atoms with Crippen LogP contribution >= 0.6 is 0 Å². The number of halogens is 3. The second kappa shape index (κ2) is 8.39. The SMILES string of the molecule is CC(C(=O)O)N(CC(=O)NCc1cccc(OCC(F)(F)F)c1)C1CC1. The van der Waals surface area contributed by atoms with E-state index in [2.05, 4.69) is 10.1 Å². The number of hydrogen-bond acceptors (Lipinski definition) is 4. The van der Waals surface area contributed by atoms with Crippen molar-refractivity contribution in [1.29, 1.82) is 0 Å². The van der Waals surface area contributed by atoms with Crippen molar-refractivity contribution in [3.63, 3.8) is 0 Å². The molecule has 0 spiro atoms. The Bertz CT molecular complexity index is 647. The molecule has 0 heterocycles. The van der Waals surface area contributed by atoms with Gasteiger partial charge in [-0.15, -0.1) is 0 Å². The number of aliphatic carboxylic acids is 1. The first-order valence-electron chi connectivity index (χ1n) is 8.19. The van der Waals surface area contributed by atoms with E-state index < -0.39 is 24.8 Å². The van der Waals surface area contributed by atoms with Crippen LogP contribution in [0.2, 0.25) is 0 Å². The first-order chi connectivity index (χ1) is 12.2. The average Bonchev–Trinajstić information content (AvgIpc) is 3.40. The molecule has 1 fully saturated rings. The Balaban J connectivity index is 1.85. The quantitative estimate of drug-likeness (QED) is 0.693. The number of nitrogens with one attached hydrogen (secondary N) is 1.